The Hall–Kier alpha value is -1.23. The number of nitrogens with one attached hydrogen (secondary N) is 1. The van der Waals surface area contributed by atoms with Crippen LogP contribution in [0.1, 0.15) is 39.5 Å². The van der Waals surface area contributed by atoms with Crippen LogP contribution >= 0.6 is 0 Å². The van der Waals surface area contributed by atoms with E-state index in [1.54, 1.807) is 12.1 Å². The molecule has 1 aromatic carbocycles. The lowest BCUT2D eigenvalue weighted by atomic mass is 9.99. The van der Waals surface area contributed by atoms with Crippen molar-refractivity contribution in [2.75, 3.05) is 23.9 Å². The lowest BCUT2D eigenvalue weighted by molar-refractivity contribution is 0.473. The van der Waals surface area contributed by atoms with E-state index in [-0.39, 0.29) is 4.90 Å². The van der Waals surface area contributed by atoms with Crippen molar-refractivity contribution in [3.8, 4) is 0 Å². The zero-order valence-electron chi connectivity index (χ0n) is 12.6. The van der Waals surface area contributed by atoms with Gasteiger partial charge < -0.3 is 11.1 Å². The van der Waals surface area contributed by atoms with Crippen LogP contribution in [0.3, 0.4) is 0 Å². The number of anilines is 2. The van der Waals surface area contributed by atoms with Crippen molar-refractivity contribution in [3.05, 3.63) is 18.2 Å². The van der Waals surface area contributed by atoms with Crippen LogP contribution in [0.15, 0.2) is 23.1 Å². The summed E-state index contributed by atoms with van der Waals surface area (Å²) in [4.78, 5) is 0.198. The predicted octanol–water partition coefficient (Wildman–Crippen LogP) is 3.30. The molecule has 0 amide bonds. The number of nitrogens with two attached hydrogens (primary N) is 1. The van der Waals surface area contributed by atoms with E-state index in [9.17, 15) is 8.42 Å². The summed E-state index contributed by atoms with van der Waals surface area (Å²) in [6, 6.07) is 5.10. The molecule has 0 bridgehead atoms. The van der Waals surface area contributed by atoms with Gasteiger partial charge in [-0.25, -0.2) is 8.42 Å². The van der Waals surface area contributed by atoms with Crippen molar-refractivity contribution in [3.63, 3.8) is 0 Å². The second-order valence-electron chi connectivity index (χ2n) is 5.29. The van der Waals surface area contributed by atoms with Crippen LogP contribution in [0, 0.1) is 5.92 Å². The Balaban J connectivity index is 2.78. The molecule has 1 unspecified atom stereocenters. The number of rotatable bonds is 8. The third-order valence-electron chi connectivity index (χ3n) is 3.59. The number of nitrogen functional groups attached to an aromatic ring is 1. The Morgan fingerprint density at radius 2 is 2.00 bits per heavy atom. The van der Waals surface area contributed by atoms with E-state index in [0.717, 1.165) is 13.0 Å². The normalized spacial score (nSPS) is 13.2. The van der Waals surface area contributed by atoms with Crippen molar-refractivity contribution in [2.24, 2.45) is 5.92 Å². The van der Waals surface area contributed by atoms with E-state index in [1.807, 2.05) is 6.07 Å². The molecule has 1 atom stereocenters. The van der Waals surface area contributed by atoms with E-state index in [4.69, 9.17) is 5.73 Å². The first-order chi connectivity index (χ1) is 9.40. The number of sulfone groups is 1. The number of hydrogen-bond donors (Lipinski definition) is 2. The van der Waals surface area contributed by atoms with Crippen molar-refractivity contribution < 1.29 is 8.42 Å². The Morgan fingerprint density at radius 3 is 2.55 bits per heavy atom. The van der Waals surface area contributed by atoms with Crippen LogP contribution in [-0.4, -0.2) is 21.2 Å². The molecule has 0 aliphatic carbocycles. The molecule has 3 N–H and O–H groups in total. The first kappa shape index (κ1) is 16.8. The lowest BCUT2D eigenvalue weighted by Crippen LogP contribution is -2.15. The Bertz CT molecular complexity index is 527. The number of para-hydroxylation sites is 1. The van der Waals surface area contributed by atoms with Crippen molar-refractivity contribution in [1.29, 1.82) is 0 Å². The molecule has 0 heterocycles. The first-order valence-corrected chi connectivity index (χ1v) is 9.11. The lowest BCUT2D eigenvalue weighted by Gasteiger charge is -2.18. The van der Waals surface area contributed by atoms with Gasteiger partial charge in [0.1, 0.15) is 0 Å². The van der Waals surface area contributed by atoms with Crippen LogP contribution in [0.4, 0.5) is 11.4 Å². The fourth-order valence-corrected chi connectivity index (χ4v) is 3.05. The molecule has 114 valence electrons. The largest absolute Gasteiger partial charge is 0.396 e. The molecule has 1 aromatic rings. The SMILES string of the molecule is CCCCC(CC)CNc1cccc(S(C)(=O)=O)c1N. The topological polar surface area (TPSA) is 72.2 Å². The molecule has 0 radical (unpaired) electrons. The molecule has 0 saturated carbocycles. The minimum Gasteiger partial charge on any atom is -0.396 e. The quantitative estimate of drug-likeness (QED) is 0.722. The summed E-state index contributed by atoms with van der Waals surface area (Å²) in [5.74, 6) is 0.594. The standard InChI is InChI=1S/C15H26N2O2S/c1-4-6-8-12(5-2)11-17-13-9-7-10-14(15(13)16)20(3,18)19/h7,9-10,12,17H,4-6,8,11,16H2,1-3H3. The van der Waals surface area contributed by atoms with E-state index >= 15 is 0 Å². The van der Waals surface area contributed by atoms with Gasteiger partial charge in [0, 0.05) is 12.8 Å². The highest BCUT2D eigenvalue weighted by Gasteiger charge is 2.14. The van der Waals surface area contributed by atoms with Gasteiger partial charge in [0.2, 0.25) is 0 Å². The first-order valence-electron chi connectivity index (χ1n) is 7.22. The van der Waals surface area contributed by atoms with Gasteiger partial charge >= 0.3 is 0 Å². The van der Waals surface area contributed by atoms with Gasteiger partial charge in [-0.05, 0) is 24.5 Å². The minimum atomic E-state index is -3.28. The van der Waals surface area contributed by atoms with Crippen LogP contribution in [0.2, 0.25) is 0 Å². The number of benzene rings is 1. The molecule has 0 aliphatic rings. The van der Waals surface area contributed by atoms with Gasteiger partial charge in [0.25, 0.3) is 0 Å². The molecule has 1 rings (SSSR count). The number of hydrogen-bond acceptors (Lipinski definition) is 4. The molecular formula is C15H26N2O2S. The van der Waals surface area contributed by atoms with Gasteiger partial charge in [-0.15, -0.1) is 0 Å². The molecule has 4 nitrogen and oxygen atoms in total. The second kappa shape index (κ2) is 7.53. The van der Waals surface area contributed by atoms with Crippen LogP contribution in [0.25, 0.3) is 0 Å². The monoisotopic (exact) mass is 298 g/mol. The maximum Gasteiger partial charge on any atom is 0.177 e. The highest BCUT2D eigenvalue weighted by molar-refractivity contribution is 7.90. The van der Waals surface area contributed by atoms with E-state index in [0.29, 0.717) is 17.3 Å². The Labute approximate surface area is 122 Å². The van der Waals surface area contributed by atoms with E-state index in [1.165, 1.54) is 25.5 Å². The molecule has 0 aromatic heterocycles. The molecule has 0 spiro atoms. The van der Waals surface area contributed by atoms with Crippen molar-refractivity contribution >= 4 is 21.2 Å². The zero-order chi connectivity index (χ0) is 15.2. The number of unbranched alkanes of at least 4 members (excludes halogenated alkanes) is 1. The molecular weight excluding hydrogens is 272 g/mol. The Kier molecular flexibility index (Phi) is 6.33. The maximum atomic E-state index is 11.6. The van der Waals surface area contributed by atoms with E-state index in [2.05, 4.69) is 19.2 Å². The van der Waals surface area contributed by atoms with Crippen LogP contribution in [-0.2, 0) is 9.84 Å². The third kappa shape index (κ3) is 4.71. The summed E-state index contributed by atoms with van der Waals surface area (Å²) in [5.41, 5.74) is 6.99. The summed E-state index contributed by atoms with van der Waals surface area (Å²) in [7, 11) is -3.28. The predicted molar refractivity (Wildman–Crippen MR) is 85.8 cm³/mol. The molecule has 0 aliphatic heterocycles. The highest BCUT2D eigenvalue weighted by atomic mass is 32.2. The smallest absolute Gasteiger partial charge is 0.177 e. The summed E-state index contributed by atoms with van der Waals surface area (Å²) >= 11 is 0. The van der Waals surface area contributed by atoms with E-state index < -0.39 is 9.84 Å². The molecule has 5 heteroatoms. The zero-order valence-corrected chi connectivity index (χ0v) is 13.5. The average molecular weight is 298 g/mol. The minimum absolute atomic E-state index is 0.198. The van der Waals surface area contributed by atoms with Gasteiger partial charge in [0.05, 0.1) is 16.3 Å². The van der Waals surface area contributed by atoms with Crippen LogP contribution in [0.5, 0.6) is 0 Å². The second-order valence-corrected chi connectivity index (χ2v) is 7.27. The highest BCUT2D eigenvalue weighted by Crippen LogP contribution is 2.27. The van der Waals surface area contributed by atoms with Gasteiger partial charge in [-0.1, -0.05) is 39.2 Å². The fraction of sp³-hybridized carbons (Fsp3) is 0.600. The van der Waals surface area contributed by atoms with Crippen molar-refractivity contribution in [2.45, 2.75) is 44.4 Å². The van der Waals surface area contributed by atoms with Gasteiger partial charge in [-0.2, -0.15) is 0 Å². The summed E-state index contributed by atoms with van der Waals surface area (Å²) < 4.78 is 23.3. The average Bonchev–Trinajstić information content (AvgIpc) is 2.39. The molecule has 0 saturated heterocycles. The summed E-state index contributed by atoms with van der Waals surface area (Å²) in [5, 5.41) is 3.30. The maximum absolute atomic E-state index is 11.6. The van der Waals surface area contributed by atoms with Gasteiger partial charge in [0.15, 0.2) is 9.84 Å². The van der Waals surface area contributed by atoms with Crippen LogP contribution < -0.4 is 11.1 Å². The third-order valence-corrected chi connectivity index (χ3v) is 4.74. The summed E-state index contributed by atoms with van der Waals surface area (Å²) in [6.07, 6.45) is 5.89. The molecule has 20 heavy (non-hydrogen) atoms. The Morgan fingerprint density at radius 1 is 1.30 bits per heavy atom. The summed E-state index contributed by atoms with van der Waals surface area (Å²) in [6.45, 7) is 5.19. The molecule has 0 fully saturated rings. The van der Waals surface area contributed by atoms with Gasteiger partial charge in [-0.3, -0.25) is 0 Å². The fourth-order valence-electron chi connectivity index (χ4n) is 2.22. The van der Waals surface area contributed by atoms with Crippen molar-refractivity contribution in [1.82, 2.24) is 0 Å².